The Labute approximate surface area is 189 Å². The minimum absolute atomic E-state index is 0.0209. The van der Waals surface area contributed by atoms with Crippen molar-refractivity contribution in [2.24, 2.45) is 16.6 Å². The number of aryl methyl sites for hydroxylation is 1. The highest BCUT2D eigenvalue weighted by Crippen LogP contribution is 2.38. The Hall–Kier alpha value is -3.22. The van der Waals surface area contributed by atoms with Gasteiger partial charge in [0, 0.05) is 25.5 Å². The molecule has 3 N–H and O–H groups in total. The maximum atomic E-state index is 13.2. The van der Waals surface area contributed by atoms with Crippen LogP contribution in [0, 0.1) is 5.92 Å². The minimum atomic E-state index is -0.825. The molecule has 1 saturated carbocycles. The number of hydrogen-bond acceptors (Lipinski definition) is 5. The molecule has 2 aromatic rings. The summed E-state index contributed by atoms with van der Waals surface area (Å²) in [5, 5.41) is 3.15. The molecule has 0 saturated heterocycles. The number of rotatable bonds is 7. The van der Waals surface area contributed by atoms with Crippen LogP contribution >= 0.6 is 0 Å². The van der Waals surface area contributed by atoms with Gasteiger partial charge in [0.15, 0.2) is 5.96 Å². The summed E-state index contributed by atoms with van der Waals surface area (Å²) in [6.45, 7) is 0. The van der Waals surface area contributed by atoms with Crippen LogP contribution in [0.5, 0.6) is 0 Å². The molecular formula is C25H31N5O2. The summed E-state index contributed by atoms with van der Waals surface area (Å²) in [6, 6.07) is 13.8. The fourth-order valence-electron chi connectivity index (χ4n) is 5.00. The standard InChI is InChI=1S/C25H31N5O2/c1-30-23(32)25(29-24(30)26,13-12-18-7-3-2-4-8-18)16-19-9-5-11-21(15-19)28-22(31)20-10-6-14-27-17-20/h2-4,6-8,10,14,17,19,21H,5,9,11-13,15-16H2,1H3,(H2,26,29)(H,28,31). The van der Waals surface area contributed by atoms with Crippen molar-refractivity contribution in [2.75, 3.05) is 7.05 Å². The van der Waals surface area contributed by atoms with Crippen LogP contribution < -0.4 is 11.1 Å². The Bertz CT molecular complexity index is 978. The lowest BCUT2D eigenvalue weighted by molar-refractivity contribution is -0.131. The van der Waals surface area contributed by atoms with E-state index in [1.54, 1.807) is 31.6 Å². The third-order valence-corrected chi connectivity index (χ3v) is 6.71. The van der Waals surface area contributed by atoms with Gasteiger partial charge in [0.1, 0.15) is 5.54 Å². The molecule has 7 nitrogen and oxygen atoms in total. The van der Waals surface area contributed by atoms with Crippen LogP contribution in [0.25, 0.3) is 0 Å². The third kappa shape index (κ3) is 4.82. The van der Waals surface area contributed by atoms with Crippen LogP contribution in [0.1, 0.15) is 54.4 Å². The summed E-state index contributed by atoms with van der Waals surface area (Å²) in [7, 11) is 1.70. The van der Waals surface area contributed by atoms with E-state index in [9.17, 15) is 9.59 Å². The minimum Gasteiger partial charge on any atom is -0.369 e. The molecule has 3 atom stereocenters. The summed E-state index contributed by atoms with van der Waals surface area (Å²) in [5.74, 6) is 0.472. The number of nitrogens with one attached hydrogen (secondary N) is 1. The lowest BCUT2D eigenvalue weighted by Gasteiger charge is -2.34. The Kier molecular flexibility index (Phi) is 6.53. The van der Waals surface area contributed by atoms with Crippen molar-refractivity contribution >= 4 is 17.8 Å². The van der Waals surface area contributed by atoms with Crippen molar-refractivity contribution in [3.05, 3.63) is 66.0 Å². The largest absolute Gasteiger partial charge is 0.369 e. The average Bonchev–Trinajstić information content (AvgIpc) is 3.03. The second-order valence-corrected chi connectivity index (χ2v) is 9.00. The molecule has 0 radical (unpaired) electrons. The first-order valence-corrected chi connectivity index (χ1v) is 11.4. The maximum Gasteiger partial charge on any atom is 0.257 e. The number of amides is 2. The number of likely N-dealkylation sites (N-methyl/N-ethyl adjacent to an activating group) is 1. The van der Waals surface area contributed by atoms with Gasteiger partial charge in [0.2, 0.25) is 0 Å². The van der Waals surface area contributed by atoms with Crippen LogP contribution in [0.15, 0.2) is 59.9 Å². The number of nitrogens with zero attached hydrogens (tertiary/aromatic N) is 3. The van der Waals surface area contributed by atoms with Gasteiger partial charge < -0.3 is 11.1 Å². The molecule has 1 aromatic carbocycles. The van der Waals surface area contributed by atoms with Crippen molar-refractivity contribution in [2.45, 2.75) is 56.5 Å². The van der Waals surface area contributed by atoms with E-state index >= 15 is 0 Å². The Morgan fingerprint density at radius 1 is 1.22 bits per heavy atom. The second kappa shape index (κ2) is 9.51. The number of hydrogen-bond donors (Lipinski definition) is 2. The fourth-order valence-corrected chi connectivity index (χ4v) is 5.00. The van der Waals surface area contributed by atoms with E-state index < -0.39 is 5.54 Å². The van der Waals surface area contributed by atoms with Gasteiger partial charge in [-0.1, -0.05) is 43.2 Å². The first kappa shape index (κ1) is 22.0. The summed E-state index contributed by atoms with van der Waals surface area (Å²) < 4.78 is 0. The van der Waals surface area contributed by atoms with Gasteiger partial charge in [-0.25, -0.2) is 4.99 Å². The molecule has 1 aliphatic carbocycles. The zero-order valence-corrected chi connectivity index (χ0v) is 18.5. The van der Waals surface area contributed by atoms with E-state index in [2.05, 4.69) is 22.4 Å². The number of aromatic nitrogens is 1. The van der Waals surface area contributed by atoms with E-state index in [0.29, 0.717) is 30.3 Å². The molecule has 2 heterocycles. The van der Waals surface area contributed by atoms with Crippen molar-refractivity contribution in [3.63, 3.8) is 0 Å². The van der Waals surface area contributed by atoms with Crippen LogP contribution in [0.3, 0.4) is 0 Å². The first-order chi connectivity index (χ1) is 15.5. The molecule has 4 rings (SSSR count). The van der Waals surface area contributed by atoms with Gasteiger partial charge in [0.05, 0.1) is 5.56 Å². The van der Waals surface area contributed by atoms with Crippen LogP contribution in [-0.4, -0.2) is 46.3 Å². The van der Waals surface area contributed by atoms with E-state index in [1.807, 2.05) is 18.2 Å². The number of benzene rings is 1. The maximum absolute atomic E-state index is 13.2. The number of carbonyl (C=O) groups excluding carboxylic acids is 2. The lowest BCUT2D eigenvalue weighted by Crippen LogP contribution is -2.45. The van der Waals surface area contributed by atoms with E-state index in [1.165, 1.54) is 10.5 Å². The zero-order valence-electron chi connectivity index (χ0n) is 18.5. The summed E-state index contributed by atoms with van der Waals surface area (Å²) >= 11 is 0. The summed E-state index contributed by atoms with van der Waals surface area (Å²) in [6.07, 6.45) is 9.12. The highest BCUT2D eigenvalue weighted by molar-refractivity contribution is 6.06. The van der Waals surface area contributed by atoms with Crippen molar-refractivity contribution in [1.82, 2.24) is 15.2 Å². The molecule has 2 aliphatic rings. The smallest absolute Gasteiger partial charge is 0.257 e. The highest BCUT2D eigenvalue weighted by atomic mass is 16.2. The SMILES string of the molecule is CN1C(=O)C(CCc2ccccc2)(CC2CCCC(NC(=O)c3cccnc3)C2)N=C1N. The van der Waals surface area contributed by atoms with E-state index in [0.717, 1.165) is 32.1 Å². The monoisotopic (exact) mass is 433 g/mol. The quantitative estimate of drug-likeness (QED) is 0.701. The van der Waals surface area contributed by atoms with Gasteiger partial charge >= 0.3 is 0 Å². The first-order valence-electron chi connectivity index (χ1n) is 11.4. The summed E-state index contributed by atoms with van der Waals surface area (Å²) in [5.41, 5.74) is 7.00. The molecule has 7 heteroatoms. The molecule has 0 bridgehead atoms. The summed E-state index contributed by atoms with van der Waals surface area (Å²) in [4.78, 5) is 36.0. The van der Waals surface area contributed by atoms with Crippen molar-refractivity contribution in [1.29, 1.82) is 0 Å². The van der Waals surface area contributed by atoms with Crippen LogP contribution in [0.4, 0.5) is 0 Å². The van der Waals surface area contributed by atoms with Gasteiger partial charge in [-0.05, 0) is 55.7 Å². The Morgan fingerprint density at radius 3 is 2.72 bits per heavy atom. The number of aliphatic imine (C=N–C) groups is 1. The van der Waals surface area contributed by atoms with Crippen LogP contribution in [-0.2, 0) is 11.2 Å². The van der Waals surface area contributed by atoms with Crippen molar-refractivity contribution in [3.8, 4) is 0 Å². The van der Waals surface area contributed by atoms with Crippen molar-refractivity contribution < 1.29 is 9.59 Å². The van der Waals surface area contributed by atoms with Gasteiger partial charge in [-0.2, -0.15) is 0 Å². The van der Waals surface area contributed by atoms with Crippen LogP contribution in [0.2, 0.25) is 0 Å². The van der Waals surface area contributed by atoms with E-state index in [-0.39, 0.29) is 17.9 Å². The molecule has 32 heavy (non-hydrogen) atoms. The predicted molar refractivity (Wildman–Crippen MR) is 124 cm³/mol. The molecule has 1 fully saturated rings. The molecule has 3 unspecified atom stereocenters. The molecule has 0 spiro atoms. The average molecular weight is 434 g/mol. The number of nitrogens with two attached hydrogens (primary N) is 1. The molecular weight excluding hydrogens is 402 g/mol. The topological polar surface area (TPSA) is 101 Å². The van der Waals surface area contributed by atoms with Gasteiger partial charge in [-0.15, -0.1) is 0 Å². The number of pyridine rings is 1. The predicted octanol–water partition coefficient (Wildman–Crippen LogP) is 2.92. The Morgan fingerprint density at radius 2 is 2.03 bits per heavy atom. The highest BCUT2D eigenvalue weighted by Gasteiger charge is 2.47. The third-order valence-electron chi connectivity index (χ3n) is 6.71. The van der Waals surface area contributed by atoms with E-state index in [4.69, 9.17) is 10.7 Å². The second-order valence-electron chi connectivity index (χ2n) is 9.00. The lowest BCUT2D eigenvalue weighted by atomic mass is 9.75. The molecule has 168 valence electrons. The Balaban J connectivity index is 1.44. The molecule has 1 aromatic heterocycles. The van der Waals surface area contributed by atoms with Gasteiger partial charge in [-0.3, -0.25) is 19.5 Å². The molecule has 2 amide bonds. The fraction of sp³-hybridized carbons (Fsp3) is 0.440. The normalized spacial score (nSPS) is 25.5. The number of carbonyl (C=O) groups is 2. The number of guanidine groups is 1. The van der Waals surface area contributed by atoms with Gasteiger partial charge in [0.25, 0.3) is 11.8 Å². The molecule has 1 aliphatic heterocycles. The zero-order chi connectivity index (χ0) is 22.6.